The third-order valence-electron chi connectivity index (χ3n) is 0.238. The fraction of sp³-hybridized carbons (Fsp3) is 0. The zero-order valence-corrected chi connectivity index (χ0v) is 6.05. The van der Waals surface area contributed by atoms with Gasteiger partial charge < -0.3 is 14.0 Å². The van der Waals surface area contributed by atoms with Gasteiger partial charge in [-0.2, -0.15) is 0 Å². The molecule has 2 N–H and O–H groups in total. The Kier molecular flexibility index (Phi) is 16.3. The fourth-order valence-electron chi connectivity index (χ4n) is 0. The van der Waals surface area contributed by atoms with E-state index < -0.39 is 7.82 Å². The summed E-state index contributed by atoms with van der Waals surface area (Å²) in [5, 5.41) is 0. The number of rotatable bonds is 1. The van der Waals surface area contributed by atoms with E-state index in [4.69, 9.17) is 9.79 Å². The molecule has 8 heavy (non-hydrogen) atoms. The van der Waals surface area contributed by atoms with Gasteiger partial charge in [-0.1, -0.05) is 0 Å². The van der Waals surface area contributed by atoms with E-state index in [2.05, 4.69) is 4.21 Å². The zero-order valence-electron chi connectivity index (χ0n) is 3.16. The van der Waals surface area contributed by atoms with E-state index in [1.165, 1.54) is 0 Å². The Morgan fingerprint density at radius 3 is 1.62 bits per heavy atom. The number of hydrogen-bond donors (Lipinski definition) is 2. The van der Waals surface area contributed by atoms with Crippen LogP contribution in [0.15, 0.2) is 0 Å². The van der Waals surface area contributed by atoms with Crippen molar-refractivity contribution in [1.29, 1.82) is 0 Å². The Hall–Kier alpha value is 2.59. The van der Waals surface area contributed by atoms with E-state index in [9.17, 15) is 4.57 Å². The van der Waals surface area contributed by atoms with Gasteiger partial charge in [-0.3, -0.25) is 0 Å². The van der Waals surface area contributed by atoms with Crippen LogP contribution in [0, 0.1) is 0 Å². The second-order valence-corrected chi connectivity index (χ2v) is 3.11. The molecular weight excluding hydrogens is 186 g/mol. The summed E-state index contributed by atoms with van der Waals surface area (Å²) < 4.78 is 13.2. The maximum atomic E-state index is 9.51. The molecule has 0 radical (unpaired) electrons. The summed E-state index contributed by atoms with van der Waals surface area (Å²) in [6.45, 7) is 0. The van der Waals surface area contributed by atoms with Crippen LogP contribution < -0.4 is 0 Å². The second kappa shape index (κ2) is 7.69. The summed E-state index contributed by atoms with van der Waals surface area (Å²) in [7, 11) is -4.00. The number of hydrogen-bond acceptors (Lipinski definition) is 2. The molecule has 0 saturated heterocycles. The summed E-state index contributed by atoms with van der Waals surface area (Å²) in [5.41, 5.74) is 0. The van der Waals surface area contributed by atoms with Gasteiger partial charge in [-0.15, -0.1) is 0 Å². The molecule has 0 aliphatic rings. The van der Waals surface area contributed by atoms with Crippen LogP contribution in [-0.4, -0.2) is 87.6 Å². The van der Waals surface area contributed by atoms with Crippen LogP contribution in [0.2, 0.25) is 0 Å². The van der Waals surface area contributed by atoms with Crippen molar-refractivity contribution in [2.75, 3.05) is 0 Å². The third-order valence-corrected chi connectivity index (χ3v) is 2.14. The van der Waals surface area contributed by atoms with Crippen molar-refractivity contribution in [1.82, 2.24) is 0 Å². The van der Waals surface area contributed by atoms with Crippen LogP contribution in [0.4, 0.5) is 0 Å². The van der Waals surface area contributed by atoms with Crippen LogP contribution in [0.5, 0.6) is 0 Å². The summed E-state index contributed by atoms with van der Waals surface area (Å²) in [6.07, 6.45) is 0. The molecule has 0 rings (SSSR count). The summed E-state index contributed by atoms with van der Waals surface area (Å²) in [5.74, 6) is 0. The van der Waals surface area contributed by atoms with Gasteiger partial charge in [-0.25, -0.2) is 4.57 Å². The molecule has 0 heterocycles. The Balaban J connectivity index is -0.000000125. The first-order chi connectivity index (χ1) is 2.56. The van der Waals surface area contributed by atoms with Crippen molar-refractivity contribution in [3.8, 4) is 0 Å². The molecule has 0 aliphatic heterocycles. The topological polar surface area (TPSA) is 66.8 Å². The van der Waals surface area contributed by atoms with Gasteiger partial charge >= 0.3 is 75.1 Å². The van der Waals surface area contributed by atoms with E-state index >= 15 is 0 Å². The average Bonchev–Trinajstić information content (AvgIpc) is 1.35. The fourth-order valence-corrected chi connectivity index (χ4v) is 0. The molecule has 0 fully saturated rings. The van der Waals surface area contributed by atoms with Crippen LogP contribution >= 0.6 is 7.82 Å². The molecule has 0 aliphatic carbocycles. The predicted molar refractivity (Wildman–Crippen MR) is 38.8 cm³/mol. The summed E-state index contributed by atoms with van der Waals surface area (Å²) in [6, 6.07) is 0. The van der Waals surface area contributed by atoms with Crippen LogP contribution in [-0.2, 0) is 8.78 Å². The molecule has 0 aromatic carbocycles. The van der Waals surface area contributed by atoms with Crippen molar-refractivity contribution < 1.29 is 18.6 Å². The molecule has 0 spiro atoms. The molecule has 0 saturated carbocycles. The Morgan fingerprint density at radius 2 is 1.62 bits per heavy atom. The summed E-state index contributed by atoms with van der Waals surface area (Å²) >= 11 is 0. The van der Waals surface area contributed by atoms with Crippen LogP contribution in [0.3, 0.4) is 0 Å². The van der Waals surface area contributed by atoms with E-state index in [1.807, 2.05) is 0 Å². The van der Waals surface area contributed by atoms with Gasteiger partial charge in [0.2, 0.25) is 0 Å². The van der Waals surface area contributed by atoms with Gasteiger partial charge in [-0.05, 0) is 0 Å². The molecule has 4 nitrogen and oxygen atoms in total. The van der Waals surface area contributed by atoms with Crippen LogP contribution in [0.25, 0.3) is 0 Å². The molecule has 0 bridgehead atoms. The van der Waals surface area contributed by atoms with Crippen molar-refractivity contribution in [2.45, 2.75) is 0 Å². The monoisotopic (exact) mass is 194 g/mol. The Morgan fingerprint density at radius 1 is 1.50 bits per heavy atom. The van der Waals surface area contributed by atoms with Crippen molar-refractivity contribution >= 4 is 85.6 Å². The second-order valence-electron chi connectivity index (χ2n) is 0.673. The number of phosphoric acid groups is 1. The van der Waals surface area contributed by atoms with Gasteiger partial charge in [0.1, 0.15) is 0 Å². The molecule has 0 amide bonds. The van der Waals surface area contributed by atoms with E-state index in [-0.39, 0.29) is 77.8 Å². The first-order valence-corrected chi connectivity index (χ1v) is 3.52. The van der Waals surface area contributed by atoms with Gasteiger partial charge in [0.15, 0.2) is 10.5 Å². The van der Waals surface area contributed by atoms with Gasteiger partial charge in [0.05, 0.1) is 0 Å². The molecular formula is H8CaNaO4PSi. The molecule has 8 heteroatoms. The molecule has 0 atom stereocenters. The van der Waals surface area contributed by atoms with Crippen molar-refractivity contribution in [3.63, 3.8) is 0 Å². The Bertz CT molecular complexity index is 80.1. The van der Waals surface area contributed by atoms with E-state index in [0.29, 0.717) is 0 Å². The maximum absolute atomic E-state index is 9.51. The molecule has 0 aromatic heterocycles. The first kappa shape index (κ1) is 16.9. The van der Waals surface area contributed by atoms with E-state index in [0.717, 1.165) is 0 Å². The first-order valence-electron chi connectivity index (χ1n) is 1.17. The SMILES string of the molecule is O=P(O)(O)O[SiH3].[CaH2].[NaH]. The van der Waals surface area contributed by atoms with Gasteiger partial charge in [0, 0.05) is 0 Å². The summed E-state index contributed by atoms with van der Waals surface area (Å²) in [4.78, 5) is 15.5. The molecule has 44 valence electrons. The predicted octanol–water partition coefficient (Wildman–Crippen LogP) is -3.19. The van der Waals surface area contributed by atoms with Crippen LogP contribution in [0.1, 0.15) is 0 Å². The average molecular weight is 194 g/mol. The van der Waals surface area contributed by atoms with Crippen molar-refractivity contribution in [3.05, 3.63) is 0 Å². The van der Waals surface area contributed by atoms with Crippen molar-refractivity contribution in [2.24, 2.45) is 0 Å². The quantitative estimate of drug-likeness (QED) is 0.341. The Labute approximate surface area is 102 Å². The molecule has 0 unspecified atom stereocenters. The minimum absolute atomic E-state index is 0. The minimum atomic E-state index is -4.08. The van der Waals surface area contributed by atoms with Gasteiger partial charge in [0.25, 0.3) is 0 Å². The third kappa shape index (κ3) is 15.8. The van der Waals surface area contributed by atoms with E-state index in [1.54, 1.807) is 0 Å². The standard InChI is InChI=1S/Ca.Na.H5O4PSi.3H/c;;1-5(2,3)4-6;;;/h;;6H3,(H2,1,2,3);;;. The normalized spacial score (nSPS) is 9.25. The molecule has 0 aromatic rings. The zero-order chi connectivity index (χ0) is 5.21.